The molecule has 0 aromatic heterocycles. The van der Waals surface area contributed by atoms with Crippen molar-refractivity contribution in [3.63, 3.8) is 0 Å². The third-order valence-corrected chi connectivity index (χ3v) is 7.99. The Kier molecular flexibility index (Phi) is 6.95. The van der Waals surface area contributed by atoms with Gasteiger partial charge in [0.25, 0.3) is 5.91 Å². The smallest absolute Gasteiger partial charge is 0.255 e. The molecule has 2 aromatic rings. The number of amides is 1. The van der Waals surface area contributed by atoms with Crippen LogP contribution in [0.15, 0.2) is 51.8 Å². The highest BCUT2D eigenvalue weighted by Gasteiger charge is 2.27. The van der Waals surface area contributed by atoms with E-state index in [2.05, 4.69) is 21.2 Å². The van der Waals surface area contributed by atoms with Crippen molar-refractivity contribution in [3.05, 3.63) is 52.5 Å². The number of benzene rings is 2. The molecular formula is C22H25BrN2O5S. The molecule has 2 aliphatic rings. The van der Waals surface area contributed by atoms with E-state index in [-0.39, 0.29) is 16.9 Å². The summed E-state index contributed by atoms with van der Waals surface area (Å²) in [6, 6.07) is 11.4. The Bertz CT molecular complexity index is 1030. The van der Waals surface area contributed by atoms with E-state index in [1.165, 1.54) is 16.4 Å². The van der Waals surface area contributed by atoms with Gasteiger partial charge in [0.05, 0.1) is 15.5 Å². The van der Waals surface area contributed by atoms with Crippen molar-refractivity contribution in [2.45, 2.75) is 36.7 Å². The Balaban J connectivity index is 1.38. The normalized spacial score (nSPS) is 19.5. The highest BCUT2D eigenvalue weighted by molar-refractivity contribution is 9.10. The molecule has 1 unspecified atom stereocenters. The van der Waals surface area contributed by atoms with Gasteiger partial charge in [-0.25, -0.2) is 8.42 Å². The average Bonchev–Trinajstić information content (AvgIpc) is 3.48. The van der Waals surface area contributed by atoms with E-state index in [9.17, 15) is 13.2 Å². The molecule has 1 N–H and O–H groups in total. The minimum atomic E-state index is -3.47. The highest BCUT2D eigenvalue weighted by Crippen LogP contribution is 2.28. The van der Waals surface area contributed by atoms with Crippen LogP contribution in [0.2, 0.25) is 0 Å². The fourth-order valence-electron chi connectivity index (χ4n) is 3.71. The maximum Gasteiger partial charge on any atom is 0.255 e. The van der Waals surface area contributed by atoms with Crippen molar-refractivity contribution in [1.29, 1.82) is 0 Å². The van der Waals surface area contributed by atoms with Crippen molar-refractivity contribution >= 4 is 37.5 Å². The second-order valence-electron chi connectivity index (χ2n) is 7.68. The number of carbonyl (C=O) groups excluding carboxylic acids is 1. The number of hydrogen-bond acceptors (Lipinski definition) is 5. The molecule has 0 bridgehead atoms. The maximum absolute atomic E-state index is 12.6. The summed E-state index contributed by atoms with van der Waals surface area (Å²) in [5.74, 6) is 0.366. The first-order chi connectivity index (χ1) is 14.9. The summed E-state index contributed by atoms with van der Waals surface area (Å²) >= 11 is 3.46. The standard InChI is InChI=1S/C22H25BrN2O5S/c23-20-14-16(5-10-21(20)30-15-18-4-3-13-29-18)22(26)24-17-6-8-19(9-7-17)31(27,28)25-11-1-2-12-25/h5-10,14,18H,1-4,11-13,15H2,(H,24,26). The first-order valence-corrected chi connectivity index (χ1v) is 12.6. The summed E-state index contributed by atoms with van der Waals surface area (Å²) < 4.78 is 38.8. The summed E-state index contributed by atoms with van der Waals surface area (Å²) in [7, 11) is -3.47. The molecule has 1 atom stereocenters. The van der Waals surface area contributed by atoms with Crippen LogP contribution in [0.1, 0.15) is 36.0 Å². The lowest BCUT2D eigenvalue weighted by molar-refractivity contribution is 0.0677. The third-order valence-electron chi connectivity index (χ3n) is 5.46. The number of halogens is 1. The van der Waals surface area contributed by atoms with Gasteiger partial charge in [0.1, 0.15) is 12.4 Å². The molecule has 7 nitrogen and oxygen atoms in total. The molecule has 0 saturated carbocycles. The van der Waals surface area contributed by atoms with E-state index >= 15 is 0 Å². The SMILES string of the molecule is O=C(Nc1ccc(S(=O)(=O)N2CCCC2)cc1)c1ccc(OCC2CCCO2)c(Br)c1. The molecule has 2 fully saturated rings. The van der Waals surface area contributed by atoms with E-state index in [0.717, 1.165) is 32.3 Å². The molecule has 166 valence electrons. The molecule has 2 aliphatic heterocycles. The Morgan fingerprint density at radius 3 is 2.52 bits per heavy atom. The van der Waals surface area contributed by atoms with Crippen LogP contribution in [0.4, 0.5) is 5.69 Å². The molecule has 2 saturated heterocycles. The zero-order chi connectivity index (χ0) is 21.8. The van der Waals surface area contributed by atoms with Gasteiger partial charge in [-0.2, -0.15) is 4.31 Å². The lowest BCUT2D eigenvalue weighted by Crippen LogP contribution is -2.27. The Morgan fingerprint density at radius 2 is 1.87 bits per heavy atom. The molecule has 0 aliphatic carbocycles. The average molecular weight is 509 g/mol. The molecule has 4 rings (SSSR count). The van der Waals surface area contributed by atoms with Crippen molar-refractivity contribution in [1.82, 2.24) is 4.31 Å². The summed E-state index contributed by atoms with van der Waals surface area (Å²) in [6.07, 6.45) is 3.95. The molecule has 0 spiro atoms. The van der Waals surface area contributed by atoms with E-state index in [4.69, 9.17) is 9.47 Å². The van der Waals surface area contributed by atoms with Crippen LogP contribution in [-0.2, 0) is 14.8 Å². The Hall–Kier alpha value is -1.94. The molecule has 0 radical (unpaired) electrons. The predicted molar refractivity (Wildman–Crippen MR) is 121 cm³/mol. The van der Waals surface area contributed by atoms with Crippen LogP contribution >= 0.6 is 15.9 Å². The monoisotopic (exact) mass is 508 g/mol. The van der Waals surface area contributed by atoms with Crippen LogP contribution in [0, 0.1) is 0 Å². The van der Waals surface area contributed by atoms with Crippen LogP contribution in [0.5, 0.6) is 5.75 Å². The summed E-state index contributed by atoms with van der Waals surface area (Å²) in [5.41, 5.74) is 0.991. The number of nitrogens with one attached hydrogen (secondary N) is 1. The fraction of sp³-hybridized carbons (Fsp3) is 0.409. The predicted octanol–water partition coefficient (Wildman–Crippen LogP) is 4.04. The largest absolute Gasteiger partial charge is 0.490 e. The van der Waals surface area contributed by atoms with E-state index in [1.807, 2.05) is 0 Å². The number of nitrogens with zero attached hydrogens (tertiary/aromatic N) is 1. The van der Waals surface area contributed by atoms with Crippen molar-refractivity contribution in [2.24, 2.45) is 0 Å². The molecule has 31 heavy (non-hydrogen) atoms. The number of hydrogen-bond donors (Lipinski definition) is 1. The van der Waals surface area contributed by atoms with Crippen LogP contribution < -0.4 is 10.1 Å². The van der Waals surface area contributed by atoms with Gasteiger partial charge in [-0.1, -0.05) is 0 Å². The van der Waals surface area contributed by atoms with Crippen LogP contribution in [0.25, 0.3) is 0 Å². The quantitative estimate of drug-likeness (QED) is 0.609. The second kappa shape index (κ2) is 9.68. The topological polar surface area (TPSA) is 84.9 Å². The molecule has 9 heteroatoms. The number of sulfonamides is 1. The summed E-state index contributed by atoms with van der Waals surface area (Å²) in [6.45, 7) is 2.38. The summed E-state index contributed by atoms with van der Waals surface area (Å²) in [4.78, 5) is 12.9. The molecule has 2 aromatic carbocycles. The van der Waals surface area contributed by atoms with Gasteiger partial charge in [-0.3, -0.25) is 4.79 Å². The molecule has 1 amide bonds. The van der Waals surface area contributed by atoms with Crippen molar-refractivity contribution in [2.75, 3.05) is 31.6 Å². The minimum absolute atomic E-state index is 0.118. The first-order valence-electron chi connectivity index (χ1n) is 10.4. The third kappa shape index (κ3) is 5.28. The number of ether oxygens (including phenoxy) is 2. The number of carbonyl (C=O) groups is 1. The van der Waals surface area contributed by atoms with Crippen LogP contribution in [0.3, 0.4) is 0 Å². The zero-order valence-electron chi connectivity index (χ0n) is 17.1. The van der Waals surface area contributed by atoms with Gasteiger partial charge in [0.15, 0.2) is 0 Å². The zero-order valence-corrected chi connectivity index (χ0v) is 19.5. The van der Waals surface area contributed by atoms with Gasteiger partial charge in [0, 0.05) is 30.9 Å². The lowest BCUT2D eigenvalue weighted by atomic mass is 10.2. The van der Waals surface area contributed by atoms with Gasteiger partial charge in [-0.15, -0.1) is 0 Å². The van der Waals surface area contributed by atoms with E-state index in [1.54, 1.807) is 30.3 Å². The summed E-state index contributed by atoms with van der Waals surface area (Å²) in [5, 5.41) is 2.80. The van der Waals surface area contributed by atoms with E-state index < -0.39 is 10.0 Å². The lowest BCUT2D eigenvalue weighted by Gasteiger charge is -2.16. The van der Waals surface area contributed by atoms with Gasteiger partial charge >= 0.3 is 0 Å². The minimum Gasteiger partial charge on any atom is -0.490 e. The van der Waals surface area contributed by atoms with Gasteiger partial charge < -0.3 is 14.8 Å². The first kappa shape index (κ1) is 22.3. The second-order valence-corrected chi connectivity index (χ2v) is 10.5. The fourth-order valence-corrected chi connectivity index (χ4v) is 5.72. The Morgan fingerprint density at radius 1 is 1.13 bits per heavy atom. The highest BCUT2D eigenvalue weighted by atomic mass is 79.9. The van der Waals surface area contributed by atoms with Crippen molar-refractivity contribution < 1.29 is 22.7 Å². The van der Waals surface area contributed by atoms with Crippen LogP contribution in [-0.4, -0.2) is 51.0 Å². The van der Waals surface area contributed by atoms with Crippen molar-refractivity contribution in [3.8, 4) is 5.75 Å². The number of anilines is 1. The van der Waals surface area contributed by atoms with Gasteiger partial charge in [0.2, 0.25) is 10.0 Å². The maximum atomic E-state index is 12.6. The molecular weight excluding hydrogens is 484 g/mol. The molecule has 2 heterocycles. The Labute approximate surface area is 190 Å². The number of rotatable bonds is 7. The van der Waals surface area contributed by atoms with E-state index in [0.29, 0.717) is 41.2 Å². The van der Waals surface area contributed by atoms with Gasteiger partial charge in [-0.05, 0) is 84.1 Å².